The zero-order valence-electron chi connectivity index (χ0n) is 15.1. The average Bonchev–Trinajstić information content (AvgIpc) is 2.58. The molecular formula is C19H21ClFN3O2. The minimum Gasteiger partial charge on any atom is -0.378 e. The summed E-state index contributed by atoms with van der Waals surface area (Å²) in [6.45, 7) is 3.02. The number of benzene rings is 2. The van der Waals surface area contributed by atoms with Gasteiger partial charge in [0.2, 0.25) is 11.8 Å². The molecule has 0 bridgehead atoms. The van der Waals surface area contributed by atoms with Crippen molar-refractivity contribution in [3.8, 4) is 0 Å². The van der Waals surface area contributed by atoms with E-state index in [-0.39, 0.29) is 5.02 Å². The Labute approximate surface area is 157 Å². The topological polar surface area (TPSA) is 61.4 Å². The van der Waals surface area contributed by atoms with Crippen molar-refractivity contribution in [2.24, 2.45) is 5.41 Å². The van der Waals surface area contributed by atoms with Gasteiger partial charge in [0.1, 0.15) is 11.2 Å². The first-order chi connectivity index (χ1) is 12.1. The summed E-state index contributed by atoms with van der Waals surface area (Å²) in [5.74, 6) is -1.56. The van der Waals surface area contributed by atoms with Crippen molar-refractivity contribution in [3.63, 3.8) is 0 Å². The predicted octanol–water partition coefficient (Wildman–Crippen LogP) is 4.15. The Bertz CT molecular complexity index is 820. The summed E-state index contributed by atoms with van der Waals surface area (Å²) in [6.07, 6.45) is 0. The maximum absolute atomic E-state index is 13.2. The second kappa shape index (κ2) is 7.74. The van der Waals surface area contributed by atoms with Crippen LogP contribution in [0.2, 0.25) is 5.02 Å². The number of carbonyl (C=O) groups excluding carboxylic acids is 2. The SMILES string of the molecule is CN(C)c1ccc(NC(=O)C(C)(C)C(=O)Nc2ccc(F)c(Cl)c2)cc1. The maximum atomic E-state index is 13.2. The van der Waals surface area contributed by atoms with Gasteiger partial charge in [-0.2, -0.15) is 0 Å². The van der Waals surface area contributed by atoms with E-state index in [0.717, 1.165) is 11.8 Å². The van der Waals surface area contributed by atoms with Gasteiger partial charge in [0.25, 0.3) is 0 Å². The highest BCUT2D eigenvalue weighted by molar-refractivity contribution is 6.31. The van der Waals surface area contributed by atoms with Crippen LogP contribution in [0.1, 0.15) is 13.8 Å². The van der Waals surface area contributed by atoms with Gasteiger partial charge < -0.3 is 15.5 Å². The molecule has 26 heavy (non-hydrogen) atoms. The smallest absolute Gasteiger partial charge is 0.239 e. The number of anilines is 3. The van der Waals surface area contributed by atoms with Crippen molar-refractivity contribution in [1.82, 2.24) is 0 Å². The molecule has 0 aliphatic carbocycles. The van der Waals surface area contributed by atoms with E-state index in [1.54, 1.807) is 12.1 Å². The predicted molar refractivity (Wildman–Crippen MR) is 103 cm³/mol. The average molecular weight is 378 g/mol. The second-order valence-electron chi connectivity index (χ2n) is 6.60. The van der Waals surface area contributed by atoms with Crippen molar-refractivity contribution in [2.45, 2.75) is 13.8 Å². The highest BCUT2D eigenvalue weighted by Crippen LogP contribution is 2.25. The number of hydrogen-bond acceptors (Lipinski definition) is 3. The Morgan fingerprint density at radius 1 is 0.962 bits per heavy atom. The lowest BCUT2D eigenvalue weighted by Gasteiger charge is -2.23. The van der Waals surface area contributed by atoms with E-state index in [4.69, 9.17) is 11.6 Å². The van der Waals surface area contributed by atoms with E-state index in [0.29, 0.717) is 11.4 Å². The number of rotatable bonds is 5. The van der Waals surface area contributed by atoms with E-state index in [1.807, 2.05) is 31.1 Å². The molecule has 0 saturated carbocycles. The van der Waals surface area contributed by atoms with Gasteiger partial charge in [-0.05, 0) is 56.3 Å². The van der Waals surface area contributed by atoms with Gasteiger partial charge >= 0.3 is 0 Å². The van der Waals surface area contributed by atoms with Crippen LogP contribution in [0.3, 0.4) is 0 Å². The molecule has 5 nitrogen and oxygen atoms in total. The maximum Gasteiger partial charge on any atom is 0.239 e. The van der Waals surface area contributed by atoms with Gasteiger partial charge in [-0.15, -0.1) is 0 Å². The molecule has 2 N–H and O–H groups in total. The third-order valence-electron chi connectivity index (χ3n) is 3.95. The summed E-state index contributed by atoms with van der Waals surface area (Å²) in [7, 11) is 3.84. The molecule has 0 heterocycles. The number of hydrogen-bond donors (Lipinski definition) is 2. The summed E-state index contributed by atoms with van der Waals surface area (Å²) in [6, 6.07) is 11.1. The minimum atomic E-state index is -1.35. The molecule has 0 spiro atoms. The molecule has 0 aliphatic heterocycles. The van der Waals surface area contributed by atoms with Gasteiger partial charge in [-0.1, -0.05) is 11.6 Å². The number of nitrogens with one attached hydrogen (secondary N) is 2. The quantitative estimate of drug-likeness (QED) is 0.769. The van der Waals surface area contributed by atoms with Crippen LogP contribution in [0, 0.1) is 11.2 Å². The molecule has 0 unspecified atom stereocenters. The van der Waals surface area contributed by atoms with Crippen molar-refractivity contribution in [2.75, 3.05) is 29.6 Å². The van der Waals surface area contributed by atoms with Crippen molar-refractivity contribution < 1.29 is 14.0 Å². The Kier molecular flexibility index (Phi) is 5.87. The summed E-state index contributed by atoms with van der Waals surface area (Å²) in [4.78, 5) is 27.0. The molecule has 0 radical (unpaired) electrons. The minimum absolute atomic E-state index is 0.106. The molecule has 0 fully saturated rings. The fourth-order valence-corrected chi connectivity index (χ4v) is 2.28. The zero-order valence-corrected chi connectivity index (χ0v) is 15.8. The molecule has 7 heteroatoms. The fourth-order valence-electron chi connectivity index (χ4n) is 2.09. The highest BCUT2D eigenvalue weighted by Gasteiger charge is 2.36. The fraction of sp³-hybridized carbons (Fsp3) is 0.263. The summed E-state index contributed by atoms with van der Waals surface area (Å²) >= 11 is 5.71. The van der Waals surface area contributed by atoms with Crippen molar-refractivity contribution >= 4 is 40.5 Å². The first-order valence-electron chi connectivity index (χ1n) is 7.96. The molecule has 0 saturated heterocycles. The second-order valence-corrected chi connectivity index (χ2v) is 7.01. The lowest BCUT2D eigenvalue weighted by molar-refractivity contribution is -0.135. The summed E-state index contributed by atoms with van der Waals surface area (Å²) in [5.41, 5.74) is 0.554. The van der Waals surface area contributed by atoms with Crippen LogP contribution in [-0.4, -0.2) is 25.9 Å². The van der Waals surface area contributed by atoms with E-state index >= 15 is 0 Å². The Morgan fingerprint density at radius 2 is 1.46 bits per heavy atom. The molecule has 0 aromatic heterocycles. The molecular weight excluding hydrogens is 357 g/mol. The number of carbonyl (C=O) groups is 2. The third kappa shape index (κ3) is 4.52. The molecule has 0 atom stereocenters. The third-order valence-corrected chi connectivity index (χ3v) is 4.24. The van der Waals surface area contributed by atoms with Crippen LogP contribution in [-0.2, 0) is 9.59 Å². The van der Waals surface area contributed by atoms with Gasteiger partial charge in [0, 0.05) is 31.2 Å². The monoisotopic (exact) mass is 377 g/mol. The molecule has 2 amide bonds. The van der Waals surface area contributed by atoms with Crippen molar-refractivity contribution in [3.05, 3.63) is 53.3 Å². The van der Waals surface area contributed by atoms with Crippen molar-refractivity contribution in [1.29, 1.82) is 0 Å². The first kappa shape index (κ1) is 19.7. The molecule has 0 aliphatic rings. The lowest BCUT2D eigenvalue weighted by atomic mass is 9.90. The lowest BCUT2D eigenvalue weighted by Crippen LogP contribution is -2.41. The van der Waals surface area contributed by atoms with Gasteiger partial charge in [0.15, 0.2) is 0 Å². The largest absolute Gasteiger partial charge is 0.378 e. The first-order valence-corrected chi connectivity index (χ1v) is 8.34. The summed E-state index contributed by atoms with van der Waals surface area (Å²) < 4.78 is 13.2. The molecule has 2 aromatic rings. The van der Waals surface area contributed by atoms with Gasteiger partial charge in [-0.3, -0.25) is 9.59 Å². The normalized spacial score (nSPS) is 11.0. The Hall–Kier alpha value is -2.60. The zero-order chi connectivity index (χ0) is 19.5. The van der Waals surface area contributed by atoms with Crippen LogP contribution >= 0.6 is 11.6 Å². The van der Waals surface area contributed by atoms with E-state index < -0.39 is 23.0 Å². The van der Waals surface area contributed by atoms with Crippen LogP contribution in [0.5, 0.6) is 0 Å². The van der Waals surface area contributed by atoms with Crippen LogP contribution in [0.25, 0.3) is 0 Å². The number of nitrogens with zero attached hydrogens (tertiary/aromatic N) is 1. The van der Waals surface area contributed by atoms with Gasteiger partial charge in [-0.25, -0.2) is 4.39 Å². The van der Waals surface area contributed by atoms with E-state index in [1.165, 1.54) is 26.0 Å². The van der Waals surface area contributed by atoms with Gasteiger partial charge in [0.05, 0.1) is 5.02 Å². The highest BCUT2D eigenvalue weighted by atomic mass is 35.5. The number of halogens is 2. The van der Waals surface area contributed by atoms with Crippen LogP contribution in [0.15, 0.2) is 42.5 Å². The van der Waals surface area contributed by atoms with E-state index in [9.17, 15) is 14.0 Å². The molecule has 138 valence electrons. The standard InChI is InChI=1S/C19H21ClFN3O2/c1-19(2,18(26)23-13-7-10-16(21)15(20)11-13)17(25)22-12-5-8-14(9-6-12)24(3)4/h5-11H,1-4H3,(H,22,25)(H,23,26). The molecule has 2 aromatic carbocycles. The summed E-state index contributed by atoms with van der Waals surface area (Å²) in [5, 5.41) is 5.21. The molecule has 2 rings (SSSR count). The Morgan fingerprint density at radius 3 is 1.96 bits per heavy atom. The van der Waals surface area contributed by atoms with E-state index in [2.05, 4.69) is 10.6 Å². The number of amides is 2. The van der Waals surface area contributed by atoms with Crippen LogP contribution in [0.4, 0.5) is 21.5 Å². The van der Waals surface area contributed by atoms with Crippen LogP contribution < -0.4 is 15.5 Å². The Balaban J connectivity index is 2.07.